The van der Waals surface area contributed by atoms with E-state index in [1.54, 1.807) is 37.3 Å². The maximum Gasteiger partial charge on any atom is 0.338 e. The largest absolute Gasteiger partial charge is 0.452 e. The van der Waals surface area contributed by atoms with E-state index in [2.05, 4.69) is 5.32 Å². The second kappa shape index (κ2) is 12.1. The Kier molecular flexibility index (Phi) is 8.99. The number of ether oxygens (including phenoxy) is 2. The molecule has 9 heteroatoms. The first-order valence-corrected chi connectivity index (χ1v) is 12.4. The summed E-state index contributed by atoms with van der Waals surface area (Å²) < 4.78 is 38.6. The minimum absolute atomic E-state index is 0.0246. The number of carbonyl (C=O) groups excluding carboxylic acids is 2. The highest BCUT2D eigenvalue weighted by atomic mass is 32.2. The molecular weight excluding hydrogens is 468 g/mol. The molecule has 3 aromatic rings. The Morgan fingerprint density at radius 2 is 1.60 bits per heavy atom. The molecule has 0 radical (unpaired) electrons. The van der Waals surface area contributed by atoms with Crippen molar-refractivity contribution in [2.24, 2.45) is 0 Å². The average molecular weight is 497 g/mol. The molecule has 0 aromatic heterocycles. The van der Waals surface area contributed by atoms with Crippen molar-refractivity contribution in [3.8, 4) is 0 Å². The van der Waals surface area contributed by atoms with Crippen molar-refractivity contribution in [2.45, 2.75) is 24.4 Å². The fourth-order valence-corrected chi connectivity index (χ4v) is 4.89. The lowest BCUT2D eigenvalue weighted by Crippen LogP contribution is -2.38. The van der Waals surface area contributed by atoms with E-state index in [0.717, 1.165) is 5.56 Å². The predicted molar refractivity (Wildman–Crippen MR) is 132 cm³/mol. The highest BCUT2D eigenvalue weighted by molar-refractivity contribution is 7.92. The molecule has 0 spiro atoms. The summed E-state index contributed by atoms with van der Waals surface area (Å²) in [6, 6.07) is 23.3. The van der Waals surface area contributed by atoms with Crippen molar-refractivity contribution < 1.29 is 27.5 Å². The number of amides is 1. The molecule has 0 saturated heterocycles. The summed E-state index contributed by atoms with van der Waals surface area (Å²) in [5.41, 5.74) is 1.33. The van der Waals surface area contributed by atoms with Crippen molar-refractivity contribution in [2.75, 3.05) is 24.6 Å². The number of hydrogen-bond acceptors (Lipinski definition) is 6. The van der Waals surface area contributed by atoms with Crippen LogP contribution in [-0.4, -0.2) is 46.7 Å². The lowest BCUT2D eigenvalue weighted by atomic mass is 10.2. The molecule has 35 heavy (non-hydrogen) atoms. The van der Waals surface area contributed by atoms with Gasteiger partial charge in [-0.25, -0.2) is 13.2 Å². The monoisotopic (exact) mass is 496 g/mol. The van der Waals surface area contributed by atoms with Gasteiger partial charge in [0.25, 0.3) is 15.9 Å². The third-order valence-electron chi connectivity index (χ3n) is 5.03. The van der Waals surface area contributed by atoms with Gasteiger partial charge in [-0.05, 0) is 42.8 Å². The van der Waals surface area contributed by atoms with Crippen LogP contribution < -0.4 is 9.62 Å². The Morgan fingerprint density at radius 1 is 0.943 bits per heavy atom. The predicted octanol–water partition coefficient (Wildman–Crippen LogP) is 3.39. The lowest BCUT2D eigenvalue weighted by Gasteiger charge is -2.25. The van der Waals surface area contributed by atoms with E-state index in [1.165, 1.54) is 35.7 Å². The minimum atomic E-state index is -4.03. The molecule has 0 aliphatic carbocycles. The van der Waals surface area contributed by atoms with Crippen LogP contribution in [0.15, 0.2) is 89.8 Å². The molecule has 1 atom stereocenters. The van der Waals surface area contributed by atoms with Gasteiger partial charge in [-0.3, -0.25) is 9.10 Å². The maximum absolute atomic E-state index is 13.7. The summed E-state index contributed by atoms with van der Waals surface area (Å²) in [5.74, 6) is -1.28. The van der Waals surface area contributed by atoms with Gasteiger partial charge >= 0.3 is 5.97 Å². The molecule has 0 bridgehead atoms. The first-order chi connectivity index (χ1) is 16.8. The highest BCUT2D eigenvalue weighted by Crippen LogP contribution is 2.26. The van der Waals surface area contributed by atoms with Crippen LogP contribution in [0.3, 0.4) is 0 Å². The number of carbonyl (C=O) groups is 2. The van der Waals surface area contributed by atoms with Crippen LogP contribution in [0, 0.1) is 0 Å². The number of para-hydroxylation sites is 1. The van der Waals surface area contributed by atoms with Crippen molar-refractivity contribution in [1.82, 2.24) is 5.32 Å². The molecule has 184 valence electrons. The van der Waals surface area contributed by atoms with Gasteiger partial charge in [0.2, 0.25) is 0 Å². The number of benzene rings is 3. The van der Waals surface area contributed by atoms with Gasteiger partial charge in [-0.1, -0.05) is 54.6 Å². The lowest BCUT2D eigenvalue weighted by molar-refractivity contribution is -0.125. The summed E-state index contributed by atoms with van der Waals surface area (Å²) in [5, 5.41) is 2.64. The molecular formula is C26H28N2O6S. The van der Waals surface area contributed by atoms with Gasteiger partial charge in [0.1, 0.15) is 0 Å². The number of methoxy groups -OCH3 is 1. The molecule has 3 rings (SSSR count). The molecule has 0 fully saturated rings. The normalized spacial score (nSPS) is 11.9. The standard InChI is InChI=1S/C26H28N2O6S/c1-20(18-33-2)27-25(29)19-34-26(30)22-12-9-15-24(16-22)35(31,32)28(23-13-7-4-8-14-23)17-21-10-5-3-6-11-21/h3-16,20H,17-19H2,1-2H3,(H,27,29). The van der Waals surface area contributed by atoms with Crippen LogP contribution in [0.4, 0.5) is 5.69 Å². The summed E-state index contributed by atoms with van der Waals surface area (Å²) in [7, 11) is -2.51. The SMILES string of the molecule is COCC(C)NC(=O)COC(=O)c1cccc(S(=O)(=O)N(Cc2ccccc2)c2ccccc2)c1. The van der Waals surface area contributed by atoms with Gasteiger partial charge < -0.3 is 14.8 Å². The number of nitrogens with one attached hydrogen (secondary N) is 1. The third-order valence-corrected chi connectivity index (χ3v) is 6.80. The minimum Gasteiger partial charge on any atom is -0.452 e. The van der Waals surface area contributed by atoms with E-state index >= 15 is 0 Å². The summed E-state index contributed by atoms with van der Waals surface area (Å²) in [6.07, 6.45) is 0. The Balaban J connectivity index is 1.81. The summed E-state index contributed by atoms with van der Waals surface area (Å²) >= 11 is 0. The second-order valence-electron chi connectivity index (χ2n) is 7.86. The fraction of sp³-hybridized carbons (Fsp3) is 0.231. The van der Waals surface area contributed by atoms with Crippen LogP contribution in [-0.2, 0) is 30.8 Å². The van der Waals surface area contributed by atoms with Crippen LogP contribution in [0.5, 0.6) is 0 Å². The zero-order chi connectivity index (χ0) is 25.3. The van der Waals surface area contributed by atoms with Crippen LogP contribution >= 0.6 is 0 Å². The van der Waals surface area contributed by atoms with Gasteiger partial charge in [0.15, 0.2) is 6.61 Å². The molecule has 8 nitrogen and oxygen atoms in total. The number of rotatable bonds is 11. The Hall–Kier alpha value is -3.69. The van der Waals surface area contributed by atoms with E-state index in [9.17, 15) is 18.0 Å². The van der Waals surface area contributed by atoms with Crippen LogP contribution in [0.1, 0.15) is 22.8 Å². The quantitative estimate of drug-likeness (QED) is 0.408. The van der Waals surface area contributed by atoms with Crippen molar-refractivity contribution in [3.05, 3.63) is 96.1 Å². The average Bonchev–Trinajstić information content (AvgIpc) is 2.87. The van der Waals surface area contributed by atoms with Gasteiger partial charge in [-0.2, -0.15) is 0 Å². The Morgan fingerprint density at radius 3 is 2.26 bits per heavy atom. The molecule has 0 aliphatic rings. The van der Waals surface area contributed by atoms with Crippen LogP contribution in [0.2, 0.25) is 0 Å². The Labute approximate surface area is 205 Å². The second-order valence-corrected chi connectivity index (χ2v) is 9.72. The van der Waals surface area contributed by atoms with Gasteiger partial charge in [0.05, 0.1) is 29.3 Å². The topological polar surface area (TPSA) is 102 Å². The Bertz CT molecular complexity index is 1230. The van der Waals surface area contributed by atoms with Crippen molar-refractivity contribution >= 4 is 27.6 Å². The maximum atomic E-state index is 13.7. The zero-order valence-electron chi connectivity index (χ0n) is 19.6. The number of hydrogen-bond donors (Lipinski definition) is 1. The van der Waals surface area contributed by atoms with Gasteiger partial charge in [-0.15, -0.1) is 0 Å². The molecule has 0 aliphatic heterocycles. The zero-order valence-corrected chi connectivity index (χ0v) is 20.4. The van der Waals surface area contributed by atoms with Gasteiger partial charge in [0, 0.05) is 13.2 Å². The van der Waals surface area contributed by atoms with E-state index in [1.807, 2.05) is 30.3 Å². The molecule has 0 saturated carbocycles. The smallest absolute Gasteiger partial charge is 0.338 e. The van der Waals surface area contributed by atoms with E-state index in [4.69, 9.17) is 9.47 Å². The number of nitrogens with zero attached hydrogens (tertiary/aromatic N) is 1. The number of esters is 1. The van der Waals surface area contributed by atoms with Crippen LogP contribution in [0.25, 0.3) is 0 Å². The third kappa shape index (κ3) is 7.14. The van der Waals surface area contributed by atoms with E-state index in [0.29, 0.717) is 12.3 Å². The number of anilines is 1. The van der Waals surface area contributed by atoms with E-state index < -0.39 is 28.5 Å². The first-order valence-electron chi connectivity index (χ1n) is 11.0. The molecule has 1 unspecified atom stereocenters. The first kappa shape index (κ1) is 25.9. The molecule has 3 aromatic carbocycles. The highest BCUT2D eigenvalue weighted by Gasteiger charge is 2.26. The van der Waals surface area contributed by atoms with Crippen molar-refractivity contribution in [3.63, 3.8) is 0 Å². The number of sulfonamides is 1. The fourth-order valence-electron chi connectivity index (χ4n) is 3.39. The molecule has 0 heterocycles. The molecule has 1 N–H and O–H groups in total. The van der Waals surface area contributed by atoms with E-state index in [-0.39, 0.29) is 23.0 Å². The molecule has 1 amide bonds. The summed E-state index contributed by atoms with van der Waals surface area (Å²) in [4.78, 5) is 24.4. The summed E-state index contributed by atoms with van der Waals surface area (Å²) in [6.45, 7) is 1.70. The van der Waals surface area contributed by atoms with Crippen molar-refractivity contribution in [1.29, 1.82) is 0 Å².